The van der Waals surface area contributed by atoms with Crippen molar-refractivity contribution in [2.24, 2.45) is 10.8 Å². The number of aliphatic imine (C=N–C) groups is 1. The number of nitrogens with zero attached hydrogens (tertiary/aromatic N) is 1. The summed E-state index contributed by atoms with van der Waals surface area (Å²) in [5.74, 6) is 5.68. The Hall–Kier alpha value is -1.88. The SMILES string of the molecule is C/C=C/C(=N/C=C(\C)NN)OC/C=C\C=C/CF. The molecule has 0 fully saturated rings. The number of ether oxygens (including phenoxy) is 1. The van der Waals surface area contributed by atoms with E-state index in [1.807, 2.05) is 13.0 Å². The molecule has 18 heavy (non-hydrogen) atoms. The fourth-order valence-corrected chi connectivity index (χ4v) is 0.866. The molecule has 3 N–H and O–H groups in total. The minimum Gasteiger partial charge on any atom is -0.473 e. The number of hydrogen-bond donors (Lipinski definition) is 2. The van der Waals surface area contributed by atoms with Gasteiger partial charge < -0.3 is 10.2 Å². The van der Waals surface area contributed by atoms with Crippen LogP contribution in [0.5, 0.6) is 0 Å². The molecule has 0 bridgehead atoms. The molecule has 0 aromatic carbocycles. The largest absolute Gasteiger partial charge is 0.473 e. The van der Waals surface area contributed by atoms with Gasteiger partial charge in [-0.1, -0.05) is 24.3 Å². The molecule has 0 rings (SSSR count). The van der Waals surface area contributed by atoms with E-state index >= 15 is 0 Å². The average molecular weight is 253 g/mol. The van der Waals surface area contributed by atoms with Crippen molar-refractivity contribution in [1.82, 2.24) is 5.43 Å². The number of nitrogens with one attached hydrogen (secondary N) is 1. The lowest BCUT2D eigenvalue weighted by molar-refractivity contribution is 0.353. The van der Waals surface area contributed by atoms with Gasteiger partial charge in [-0.3, -0.25) is 5.84 Å². The first kappa shape index (κ1) is 16.1. The summed E-state index contributed by atoms with van der Waals surface area (Å²) < 4.78 is 17.1. The molecule has 0 aliphatic heterocycles. The van der Waals surface area contributed by atoms with Gasteiger partial charge in [-0.25, -0.2) is 9.38 Å². The summed E-state index contributed by atoms with van der Waals surface area (Å²) >= 11 is 0. The molecule has 0 unspecified atom stereocenters. The summed E-state index contributed by atoms with van der Waals surface area (Å²) in [6.45, 7) is 3.56. The van der Waals surface area contributed by atoms with Gasteiger partial charge in [0.25, 0.3) is 0 Å². The van der Waals surface area contributed by atoms with Crippen LogP contribution >= 0.6 is 0 Å². The number of halogens is 1. The van der Waals surface area contributed by atoms with Crippen molar-refractivity contribution < 1.29 is 9.13 Å². The summed E-state index contributed by atoms with van der Waals surface area (Å²) in [4.78, 5) is 4.11. The van der Waals surface area contributed by atoms with E-state index in [9.17, 15) is 4.39 Å². The van der Waals surface area contributed by atoms with Crippen molar-refractivity contribution in [3.8, 4) is 0 Å². The zero-order valence-corrected chi connectivity index (χ0v) is 10.8. The van der Waals surface area contributed by atoms with Crippen LogP contribution in [0, 0.1) is 0 Å². The molecule has 0 amide bonds. The maximum atomic E-state index is 11.7. The first-order chi connectivity index (χ1) is 8.74. The standard InChI is InChI=1S/C13H20FN3O/c1-3-8-13(16-11-12(2)17-15)18-10-7-5-4-6-9-14/h3-8,11,17H,9-10,15H2,1-2H3/b6-4-,7-5-,8-3+,12-11+,16-13-. The number of hydrazine groups is 1. The maximum Gasteiger partial charge on any atom is 0.213 e. The van der Waals surface area contributed by atoms with Gasteiger partial charge in [0.05, 0.1) is 6.20 Å². The molecule has 100 valence electrons. The summed E-state index contributed by atoms with van der Waals surface area (Å²) in [5.41, 5.74) is 3.19. The Morgan fingerprint density at radius 1 is 1.39 bits per heavy atom. The highest BCUT2D eigenvalue weighted by atomic mass is 19.1. The second-order valence-corrected chi connectivity index (χ2v) is 3.25. The topological polar surface area (TPSA) is 59.6 Å². The Labute approximate surface area is 107 Å². The number of allylic oxidation sites excluding steroid dienone is 5. The Morgan fingerprint density at radius 3 is 2.72 bits per heavy atom. The number of hydrogen-bond acceptors (Lipinski definition) is 4. The lowest BCUT2D eigenvalue weighted by Crippen LogP contribution is -2.18. The Morgan fingerprint density at radius 2 is 2.11 bits per heavy atom. The third kappa shape index (κ3) is 9.35. The Bertz CT molecular complexity index is 357. The van der Waals surface area contributed by atoms with Crippen LogP contribution in [0.25, 0.3) is 0 Å². The predicted octanol–water partition coefficient (Wildman–Crippen LogP) is 2.38. The van der Waals surface area contributed by atoms with Crippen LogP contribution in [0.2, 0.25) is 0 Å². The van der Waals surface area contributed by atoms with E-state index < -0.39 is 6.67 Å². The second kappa shape index (κ2) is 11.6. The molecule has 0 saturated heterocycles. The van der Waals surface area contributed by atoms with Gasteiger partial charge in [-0.2, -0.15) is 0 Å². The highest BCUT2D eigenvalue weighted by Gasteiger charge is 1.91. The molecule has 0 radical (unpaired) electrons. The molecular weight excluding hydrogens is 233 g/mol. The summed E-state index contributed by atoms with van der Waals surface area (Å²) in [6.07, 6.45) is 11.7. The van der Waals surface area contributed by atoms with Crippen molar-refractivity contribution in [2.75, 3.05) is 13.3 Å². The lowest BCUT2D eigenvalue weighted by Gasteiger charge is -2.02. The van der Waals surface area contributed by atoms with Gasteiger partial charge in [0.1, 0.15) is 13.3 Å². The van der Waals surface area contributed by atoms with E-state index in [0.717, 1.165) is 5.70 Å². The van der Waals surface area contributed by atoms with Crippen LogP contribution in [-0.4, -0.2) is 19.2 Å². The third-order valence-corrected chi connectivity index (χ3v) is 1.72. The van der Waals surface area contributed by atoms with E-state index in [2.05, 4.69) is 10.4 Å². The van der Waals surface area contributed by atoms with Gasteiger partial charge in [0.2, 0.25) is 5.90 Å². The zero-order valence-electron chi connectivity index (χ0n) is 10.8. The molecule has 5 heteroatoms. The minimum absolute atomic E-state index is 0.364. The van der Waals surface area contributed by atoms with E-state index in [-0.39, 0.29) is 0 Å². The highest BCUT2D eigenvalue weighted by Crippen LogP contribution is 1.92. The normalized spacial score (nSPS) is 14.0. The van der Waals surface area contributed by atoms with Crippen LogP contribution in [0.15, 0.2) is 53.3 Å². The van der Waals surface area contributed by atoms with Crippen LogP contribution in [0.1, 0.15) is 13.8 Å². The van der Waals surface area contributed by atoms with Gasteiger partial charge in [-0.15, -0.1) is 0 Å². The second-order valence-electron chi connectivity index (χ2n) is 3.25. The molecule has 0 saturated carbocycles. The van der Waals surface area contributed by atoms with Crippen LogP contribution in [0.3, 0.4) is 0 Å². The Kier molecular flexibility index (Phi) is 10.4. The number of alkyl halides is 1. The minimum atomic E-state index is -0.466. The molecule has 4 nitrogen and oxygen atoms in total. The number of rotatable bonds is 7. The van der Waals surface area contributed by atoms with E-state index in [1.165, 1.54) is 6.08 Å². The maximum absolute atomic E-state index is 11.7. The van der Waals surface area contributed by atoms with E-state index in [1.54, 1.807) is 37.4 Å². The van der Waals surface area contributed by atoms with Gasteiger partial charge in [0, 0.05) is 5.70 Å². The van der Waals surface area contributed by atoms with Crippen LogP contribution in [0.4, 0.5) is 4.39 Å². The van der Waals surface area contributed by atoms with Crippen molar-refractivity contribution in [3.05, 3.63) is 48.4 Å². The van der Waals surface area contributed by atoms with E-state index in [4.69, 9.17) is 10.6 Å². The molecule has 0 aromatic rings. The fraction of sp³-hybridized carbons (Fsp3) is 0.308. The van der Waals surface area contributed by atoms with Crippen molar-refractivity contribution in [2.45, 2.75) is 13.8 Å². The quantitative estimate of drug-likeness (QED) is 0.241. The first-order valence-electron chi connectivity index (χ1n) is 5.59. The fourth-order valence-electron chi connectivity index (χ4n) is 0.866. The van der Waals surface area contributed by atoms with Crippen molar-refractivity contribution in [1.29, 1.82) is 0 Å². The summed E-state index contributed by atoms with van der Waals surface area (Å²) in [7, 11) is 0. The lowest BCUT2D eigenvalue weighted by atomic mass is 10.4. The molecule has 0 aromatic heterocycles. The smallest absolute Gasteiger partial charge is 0.213 e. The number of nitrogens with two attached hydrogens (primary N) is 1. The van der Waals surface area contributed by atoms with Crippen LogP contribution in [-0.2, 0) is 4.74 Å². The molecule has 0 aliphatic rings. The Balaban J connectivity index is 4.29. The zero-order chi connectivity index (χ0) is 13.6. The van der Waals surface area contributed by atoms with Gasteiger partial charge >= 0.3 is 0 Å². The van der Waals surface area contributed by atoms with Crippen LogP contribution < -0.4 is 11.3 Å². The van der Waals surface area contributed by atoms with E-state index in [0.29, 0.717) is 12.5 Å². The van der Waals surface area contributed by atoms with Crippen molar-refractivity contribution >= 4 is 5.90 Å². The summed E-state index contributed by atoms with van der Waals surface area (Å²) in [6, 6.07) is 0. The molecule has 0 atom stereocenters. The monoisotopic (exact) mass is 253 g/mol. The molecule has 0 heterocycles. The third-order valence-electron chi connectivity index (χ3n) is 1.72. The molecule has 0 aliphatic carbocycles. The predicted molar refractivity (Wildman–Crippen MR) is 73.5 cm³/mol. The average Bonchev–Trinajstić information content (AvgIpc) is 2.39. The molecule has 0 spiro atoms. The first-order valence-corrected chi connectivity index (χ1v) is 5.59. The van der Waals surface area contributed by atoms with Gasteiger partial charge in [0.15, 0.2) is 0 Å². The highest BCUT2D eigenvalue weighted by molar-refractivity contribution is 5.88. The summed E-state index contributed by atoms with van der Waals surface area (Å²) in [5, 5.41) is 0. The molecular formula is C13H20FN3O. The van der Waals surface area contributed by atoms with Crippen molar-refractivity contribution in [3.63, 3.8) is 0 Å². The van der Waals surface area contributed by atoms with Gasteiger partial charge in [-0.05, 0) is 26.0 Å².